The van der Waals surface area contributed by atoms with Gasteiger partial charge in [-0.2, -0.15) is 0 Å². The van der Waals surface area contributed by atoms with Crippen LogP contribution >= 0.6 is 0 Å². The molecule has 2 aliphatic rings. The van der Waals surface area contributed by atoms with E-state index in [4.69, 9.17) is 4.74 Å². The molecule has 156 valence electrons. The van der Waals surface area contributed by atoms with E-state index >= 15 is 0 Å². The lowest BCUT2D eigenvalue weighted by atomic mass is 9.83. The van der Waals surface area contributed by atoms with Crippen LogP contribution in [0.25, 0.3) is 0 Å². The van der Waals surface area contributed by atoms with E-state index in [1.54, 1.807) is 0 Å². The summed E-state index contributed by atoms with van der Waals surface area (Å²) in [5.74, 6) is 0.745. The average Bonchev–Trinajstić information content (AvgIpc) is 2.73. The molecule has 0 unspecified atom stereocenters. The summed E-state index contributed by atoms with van der Waals surface area (Å²) in [6, 6.07) is 10.9. The number of rotatable bonds is 5. The number of halogens is 1. The Kier molecular flexibility index (Phi) is 6.18. The van der Waals surface area contributed by atoms with Crippen LogP contribution in [-0.4, -0.2) is 42.8 Å². The number of phenolic OH excluding ortho intramolecular Hbond substituents is 1. The number of fused-ring (bicyclic) bond motifs is 1. The molecule has 29 heavy (non-hydrogen) atoms. The van der Waals surface area contributed by atoms with Crippen molar-refractivity contribution in [1.82, 2.24) is 10.2 Å². The van der Waals surface area contributed by atoms with Crippen LogP contribution in [0.3, 0.4) is 0 Å². The number of nitrogens with one attached hydrogen (secondary N) is 1. The second kappa shape index (κ2) is 8.82. The lowest BCUT2D eigenvalue weighted by molar-refractivity contribution is -0.0674. The van der Waals surface area contributed by atoms with Gasteiger partial charge in [-0.3, -0.25) is 4.90 Å². The third-order valence-corrected chi connectivity index (χ3v) is 6.48. The highest BCUT2D eigenvalue weighted by atomic mass is 19.1. The molecule has 0 aliphatic carbocycles. The number of aryl methyl sites for hydroxylation is 1. The molecule has 0 amide bonds. The number of piperidine rings is 1. The first kappa shape index (κ1) is 20.3. The van der Waals surface area contributed by atoms with Gasteiger partial charge in [-0.25, -0.2) is 4.39 Å². The van der Waals surface area contributed by atoms with Crippen LogP contribution in [0.2, 0.25) is 0 Å². The molecule has 1 fully saturated rings. The number of aromatic hydroxyl groups is 1. The second-order valence-corrected chi connectivity index (χ2v) is 8.46. The molecule has 0 radical (unpaired) electrons. The Labute approximate surface area is 172 Å². The maximum absolute atomic E-state index is 13.1. The summed E-state index contributed by atoms with van der Waals surface area (Å²) in [5, 5.41) is 13.9. The molecule has 4 rings (SSSR count). The largest absolute Gasteiger partial charge is 0.507 e. The molecule has 2 N–H and O–H groups in total. The van der Waals surface area contributed by atoms with Crippen LogP contribution in [0.4, 0.5) is 4.39 Å². The summed E-state index contributed by atoms with van der Waals surface area (Å²) in [7, 11) is 1.94. The van der Waals surface area contributed by atoms with Gasteiger partial charge < -0.3 is 15.2 Å². The van der Waals surface area contributed by atoms with Crippen molar-refractivity contribution < 1.29 is 14.2 Å². The fraction of sp³-hybridized carbons (Fsp3) is 0.500. The minimum atomic E-state index is -0.184. The predicted octanol–water partition coefficient (Wildman–Crippen LogP) is 3.95. The molecule has 4 nitrogen and oxygen atoms in total. The van der Waals surface area contributed by atoms with Crippen molar-refractivity contribution in [2.75, 3.05) is 26.7 Å². The van der Waals surface area contributed by atoms with Gasteiger partial charge in [0, 0.05) is 25.1 Å². The molecule has 0 saturated carbocycles. The molecule has 0 spiro atoms. The fourth-order valence-electron chi connectivity index (χ4n) is 4.77. The van der Waals surface area contributed by atoms with Crippen LogP contribution < -0.4 is 5.32 Å². The van der Waals surface area contributed by atoms with Gasteiger partial charge in [-0.1, -0.05) is 24.3 Å². The van der Waals surface area contributed by atoms with Gasteiger partial charge >= 0.3 is 0 Å². The molecular weight excluding hydrogens is 367 g/mol. The molecule has 1 saturated heterocycles. The van der Waals surface area contributed by atoms with E-state index in [0.29, 0.717) is 11.7 Å². The van der Waals surface area contributed by atoms with Gasteiger partial charge in [0.15, 0.2) is 0 Å². The smallest absolute Gasteiger partial charge is 0.123 e. The van der Waals surface area contributed by atoms with Crippen molar-refractivity contribution in [2.45, 2.75) is 44.9 Å². The van der Waals surface area contributed by atoms with E-state index < -0.39 is 0 Å². The highest BCUT2D eigenvalue weighted by Crippen LogP contribution is 2.40. The van der Waals surface area contributed by atoms with Crippen LogP contribution in [0, 0.1) is 18.7 Å². The first-order chi connectivity index (χ1) is 14.0. The maximum Gasteiger partial charge on any atom is 0.123 e. The summed E-state index contributed by atoms with van der Waals surface area (Å²) >= 11 is 0. The van der Waals surface area contributed by atoms with Crippen LogP contribution in [0.5, 0.6) is 5.75 Å². The zero-order valence-electron chi connectivity index (χ0n) is 17.3. The summed E-state index contributed by atoms with van der Waals surface area (Å²) in [6.45, 7) is 5.61. The molecule has 2 aromatic carbocycles. The molecule has 0 bridgehead atoms. The Balaban J connectivity index is 1.41. The lowest BCUT2D eigenvalue weighted by Gasteiger charge is -2.40. The van der Waals surface area contributed by atoms with E-state index in [-0.39, 0.29) is 18.0 Å². The van der Waals surface area contributed by atoms with Gasteiger partial charge in [-0.05, 0) is 74.6 Å². The number of benzene rings is 2. The Morgan fingerprint density at radius 3 is 2.55 bits per heavy atom. The summed E-state index contributed by atoms with van der Waals surface area (Å²) in [6.07, 6.45) is 3.07. The van der Waals surface area contributed by atoms with Crippen molar-refractivity contribution in [2.24, 2.45) is 5.92 Å². The van der Waals surface area contributed by atoms with E-state index in [1.807, 2.05) is 32.2 Å². The monoisotopic (exact) mass is 398 g/mol. The van der Waals surface area contributed by atoms with E-state index in [9.17, 15) is 9.50 Å². The van der Waals surface area contributed by atoms with Crippen molar-refractivity contribution in [3.05, 3.63) is 64.5 Å². The van der Waals surface area contributed by atoms with E-state index in [1.165, 1.54) is 12.1 Å². The van der Waals surface area contributed by atoms with Gasteiger partial charge in [0.25, 0.3) is 0 Å². The number of ether oxygens (including phenoxy) is 1. The Morgan fingerprint density at radius 1 is 1.14 bits per heavy atom. The molecule has 0 aromatic heterocycles. The molecule has 2 heterocycles. The standard InChI is InChI=1S/C24H31FN2O2/c1-16-3-8-20-21(24(16)28)13-22(29-23(20)14-26-2)18-9-11-27(12-10-18)15-17-4-6-19(25)7-5-17/h3-8,18,22-23,26,28H,9-15H2,1-2H3/t22-,23-/m0/s1. The minimum absolute atomic E-state index is 0.0162. The molecular formula is C24H31FN2O2. The number of likely N-dealkylation sites (tertiary alicyclic amines) is 1. The van der Waals surface area contributed by atoms with E-state index in [2.05, 4.69) is 16.3 Å². The Morgan fingerprint density at radius 2 is 1.86 bits per heavy atom. The normalized spacial score (nSPS) is 23.1. The molecule has 2 aliphatic heterocycles. The predicted molar refractivity (Wildman–Crippen MR) is 112 cm³/mol. The highest BCUT2D eigenvalue weighted by Gasteiger charge is 2.35. The second-order valence-electron chi connectivity index (χ2n) is 8.46. The third-order valence-electron chi connectivity index (χ3n) is 6.48. The fourth-order valence-corrected chi connectivity index (χ4v) is 4.77. The SMILES string of the molecule is CNC[C@@H]1O[C@H](C2CCN(Cc3ccc(F)cc3)CC2)Cc2c1ccc(C)c2O. The first-order valence-corrected chi connectivity index (χ1v) is 10.6. The van der Waals surface area contributed by atoms with Gasteiger partial charge in [0.2, 0.25) is 0 Å². The number of hydrogen-bond donors (Lipinski definition) is 2. The minimum Gasteiger partial charge on any atom is -0.507 e. The van der Waals surface area contributed by atoms with Gasteiger partial charge in [0.1, 0.15) is 11.6 Å². The molecule has 2 atom stereocenters. The topological polar surface area (TPSA) is 44.7 Å². The van der Waals surface area contributed by atoms with Crippen molar-refractivity contribution >= 4 is 0 Å². The van der Waals surface area contributed by atoms with Crippen LogP contribution in [0.15, 0.2) is 36.4 Å². The van der Waals surface area contributed by atoms with Crippen molar-refractivity contribution in [1.29, 1.82) is 0 Å². The third kappa shape index (κ3) is 4.47. The number of likely N-dealkylation sites (N-methyl/N-ethyl adjacent to an activating group) is 1. The van der Waals surface area contributed by atoms with Crippen molar-refractivity contribution in [3.8, 4) is 5.75 Å². The number of hydrogen-bond acceptors (Lipinski definition) is 4. The average molecular weight is 399 g/mol. The number of nitrogens with zero attached hydrogens (tertiary/aromatic N) is 1. The van der Waals surface area contributed by atoms with Crippen LogP contribution in [0.1, 0.15) is 41.2 Å². The van der Waals surface area contributed by atoms with E-state index in [0.717, 1.165) is 67.7 Å². The molecule has 2 aromatic rings. The summed E-state index contributed by atoms with van der Waals surface area (Å²) in [5.41, 5.74) is 4.27. The first-order valence-electron chi connectivity index (χ1n) is 10.6. The maximum atomic E-state index is 13.1. The zero-order valence-corrected chi connectivity index (χ0v) is 17.3. The van der Waals surface area contributed by atoms with Crippen molar-refractivity contribution in [3.63, 3.8) is 0 Å². The quantitative estimate of drug-likeness (QED) is 0.800. The Bertz CT molecular complexity index is 832. The molecule has 5 heteroatoms. The summed E-state index contributed by atoms with van der Waals surface area (Å²) < 4.78 is 19.6. The van der Waals surface area contributed by atoms with Gasteiger partial charge in [-0.15, -0.1) is 0 Å². The highest BCUT2D eigenvalue weighted by molar-refractivity contribution is 5.47. The zero-order chi connectivity index (χ0) is 20.4. The van der Waals surface area contributed by atoms with Gasteiger partial charge in [0.05, 0.1) is 12.2 Å². The summed E-state index contributed by atoms with van der Waals surface area (Å²) in [4.78, 5) is 2.44. The van der Waals surface area contributed by atoms with Crippen LogP contribution in [-0.2, 0) is 17.7 Å². The number of phenols is 1. The lowest BCUT2D eigenvalue weighted by Crippen LogP contribution is -2.42. The Hall–Kier alpha value is -1.95.